The second-order valence-electron chi connectivity index (χ2n) is 12.1. The summed E-state index contributed by atoms with van der Waals surface area (Å²) in [6.07, 6.45) is 6.55. The van der Waals surface area contributed by atoms with E-state index in [1.807, 2.05) is 23.1 Å². The number of aryl methyl sites for hydroxylation is 2. The molecule has 0 unspecified atom stereocenters. The zero-order chi connectivity index (χ0) is 28.8. The zero-order valence-corrected chi connectivity index (χ0v) is 25.5. The minimum atomic E-state index is -0.0626. The van der Waals surface area contributed by atoms with Crippen LogP contribution in [-0.2, 0) is 24.8 Å². The summed E-state index contributed by atoms with van der Waals surface area (Å²) < 4.78 is 2.24. The lowest BCUT2D eigenvalue weighted by atomic mass is 10.0. The molecule has 2 heterocycles. The molecule has 40 heavy (non-hydrogen) atoms. The molecule has 1 aliphatic rings. The Bertz CT molecular complexity index is 1340. The summed E-state index contributed by atoms with van der Waals surface area (Å²) in [6, 6.07) is 12.5. The predicted octanol–water partition coefficient (Wildman–Crippen LogP) is 6.54. The Hall–Kier alpha value is -3.12. The number of carbonyl (C=O) groups is 2. The average molecular weight is 545 g/mol. The van der Waals surface area contributed by atoms with Crippen LogP contribution in [0.15, 0.2) is 36.4 Å². The van der Waals surface area contributed by atoms with Crippen molar-refractivity contribution in [2.75, 3.05) is 31.1 Å². The number of carbonyl (C=O) groups excluding carboxylic acids is 2. The molecule has 2 aromatic carbocycles. The maximum Gasteiger partial charge on any atom is 0.251 e. The van der Waals surface area contributed by atoms with Gasteiger partial charge in [-0.15, -0.1) is 0 Å². The van der Waals surface area contributed by atoms with Crippen LogP contribution >= 0.6 is 0 Å². The number of amides is 2. The molecule has 3 aromatic rings. The molecule has 0 atom stereocenters. The maximum atomic E-state index is 13.4. The first-order chi connectivity index (χ1) is 19.2. The van der Waals surface area contributed by atoms with E-state index in [4.69, 9.17) is 0 Å². The van der Waals surface area contributed by atoms with Gasteiger partial charge in [0.15, 0.2) is 0 Å². The van der Waals surface area contributed by atoms with Gasteiger partial charge in [0.2, 0.25) is 5.91 Å². The number of nitrogens with zero attached hydrogens (tertiary/aromatic N) is 3. The molecular formula is C34H48N4O2. The number of rotatable bonds is 6. The van der Waals surface area contributed by atoms with Gasteiger partial charge in [-0.2, -0.15) is 0 Å². The van der Waals surface area contributed by atoms with Crippen LogP contribution in [0.1, 0.15) is 85.6 Å². The smallest absolute Gasteiger partial charge is 0.251 e. The van der Waals surface area contributed by atoms with Gasteiger partial charge < -0.3 is 14.8 Å². The Labute approximate surface area is 240 Å². The van der Waals surface area contributed by atoms with Crippen molar-refractivity contribution in [1.82, 2.24) is 14.8 Å². The van der Waals surface area contributed by atoms with Crippen LogP contribution in [0.2, 0.25) is 0 Å². The van der Waals surface area contributed by atoms with Crippen LogP contribution in [0.25, 0.3) is 10.9 Å². The number of hydrogen-bond acceptors (Lipinski definition) is 3. The molecule has 1 aliphatic heterocycles. The van der Waals surface area contributed by atoms with Gasteiger partial charge in [0.1, 0.15) is 0 Å². The van der Waals surface area contributed by atoms with Crippen LogP contribution < -0.4 is 10.2 Å². The number of aromatic nitrogens is 1. The summed E-state index contributed by atoms with van der Waals surface area (Å²) in [4.78, 5) is 30.5. The van der Waals surface area contributed by atoms with Crippen LogP contribution in [0, 0.1) is 19.8 Å². The van der Waals surface area contributed by atoms with Crippen LogP contribution in [0.4, 0.5) is 5.69 Å². The van der Waals surface area contributed by atoms with E-state index in [1.54, 1.807) is 6.92 Å². The molecule has 0 aliphatic carbocycles. The maximum absolute atomic E-state index is 13.4. The molecule has 0 saturated heterocycles. The van der Waals surface area contributed by atoms with E-state index in [9.17, 15) is 9.59 Å². The molecule has 0 saturated carbocycles. The lowest BCUT2D eigenvalue weighted by Gasteiger charge is -2.30. The van der Waals surface area contributed by atoms with E-state index in [1.165, 1.54) is 47.0 Å². The molecule has 6 heteroatoms. The standard InChI is InChI=1S/C34H48N4O2/c1-24(2)22-37-18-10-8-7-9-11-19-38(27(5)39)32-15-13-28(21-29(32)23-37)34(40)35-17-16-30-26(4)36(6)33-20-25(3)12-14-31(30)33/h12-15,20-21,24H,7-11,16-19,22-23H2,1-6H3,(H,35,40). The molecule has 2 amide bonds. The minimum absolute atomic E-state index is 0.0616. The Morgan fingerprint density at radius 1 is 0.950 bits per heavy atom. The van der Waals surface area contributed by atoms with E-state index in [2.05, 4.69) is 67.7 Å². The van der Waals surface area contributed by atoms with Gasteiger partial charge in [0, 0.05) is 68.0 Å². The summed E-state index contributed by atoms with van der Waals surface area (Å²) in [6.45, 7) is 14.5. The van der Waals surface area contributed by atoms with E-state index >= 15 is 0 Å². The Balaban J connectivity index is 1.55. The lowest BCUT2D eigenvalue weighted by Crippen LogP contribution is -2.34. The van der Waals surface area contributed by atoms with Crippen molar-refractivity contribution in [2.45, 2.75) is 79.7 Å². The van der Waals surface area contributed by atoms with Crippen molar-refractivity contribution in [3.05, 3.63) is 64.3 Å². The Morgan fingerprint density at radius 3 is 2.40 bits per heavy atom. The summed E-state index contributed by atoms with van der Waals surface area (Å²) >= 11 is 0. The molecule has 0 spiro atoms. The van der Waals surface area contributed by atoms with Gasteiger partial charge in [-0.3, -0.25) is 14.5 Å². The largest absolute Gasteiger partial charge is 0.352 e. The highest BCUT2D eigenvalue weighted by molar-refractivity contribution is 5.97. The van der Waals surface area contributed by atoms with Gasteiger partial charge in [-0.25, -0.2) is 0 Å². The summed E-state index contributed by atoms with van der Waals surface area (Å²) in [5, 5.41) is 4.43. The van der Waals surface area contributed by atoms with E-state index in [-0.39, 0.29) is 11.8 Å². The van der Waals surface area contributed by atoms with Crippen molar-refractivity contribution in [1.29, 1.82) is 0 Å². The predicted molar refractivity (Wildman–Crippen MR) is 166 cm³/mol. The topological polar surface area (TPSA) is 57.6 Å². The highest BCUT2D eigenvalue weighted by atomic mass is 16.2. The summed E-state index contributed by atoms with van der Waals surface area (Å²) in [7, 11) is 2.11. The van der Waals surface area contributed by atoms with Gasteiger partial charge in [-0.05, 0) is 86.5 Å². The molecule has 0 radical (unpaired) electrons. The van der Waals surface area contributed by atoms with Gasteiger partial charge in [0.25, 0.3) is 5.91 Å². The molecule has 216 valence electrons. The van der Waals surface area contributed by atoms with E-state index in [0.29, 0.717) is 18.0 Å². The third kappa shape index (κ3) is 7.14. The molecule has 6 nitrogen and oxygen atoms in total. The van der Waals surface area contributed by atoms with Crippen molar-refractivity contribution in [3.8, 4) is 0 Å². The fourth-order valence-electron chi connectivity index (χ4n) is 6.16. The molecule has 0 bridgehead atoms. The SMILES string of the molecule is CC(=O)N1CCCCCCCN(CC(C)C)Cc2cc(C(=O)NCCc3c(C)n(C)c4cc(C)ccc34)ccc21. The quantitative estimate of drug-likeness (QED) is 0.383. The number of hydrogen-bond donors (Lipinski definition) is 1. The summed E-state index contributed by atoms with van der Waals surface area (Å²) in [5.74, 6) is 0.548. The molecular weight excluding hydrogens is 496 g/mol. The fourth-order valence-corrected chi connectivity index (χ4v) is 6.16. The first-order valence-corrected chi connectivity index (χ1v) is 15.1. The first kappa shape index (κ1) is 29.9. The first-order valence-electron chi connectivity index (χ1n) is 15.1. The van der Waals surface area contributed by atoms with E-state index in [0.717, 1.165) is 56.7 Å². The number of anilines is 1. The number of benzene rings is 2. The zero-order valence-electron chi connectivity index (χ0n) is 25.5. The number of nitrogens with one attached hydrogen (secondary N) is 1. The molecule has 0 fully saturated rings. The van der Waals surface area contributed by atoms with E-state index < -0.39 is 0 Å². The average Bonchev–Trinajstić information content (AvgIpc) is 3.13. The van der Waals surface area contributed by atoms with Crippen LogP contribution in [0.3, 0.4) is 0 Å². The Morgan fingerprint density at radius 2 is 1.68 bits per heavy atom. The van der Waals surface area contributed by atoms with Crippen molar-refractivity contribution >= 4 is 28.4 Å². The van der Waals surface area contributed by atoms with Crippen LogP contribution in [0.5, 0.6) is 0 Å². The number of fused-ring (bicyclic) bond motifs is 2. The minimum Gasteiger partial charge on any atom is -0.352 e. The third-order valence-electron chi connectivity index (χ3n) is 8.33. The second-order valence-corrected chi connectivity index (χ2v) is 12.1. The second kappa shape index (κ2) is 13.5. The monoisotopic (exact) mass is 544 g/mol. The molecule has 1 N–H and O–H groups in total. The van der Waals surface area contributed by atoms with Gasteiger partial charge in [0.05, 0.1) is 0 Å². The van der Waals surface area contributed by atoms with Gasteiger partial charge in [-0.1, -0.05) is 45.2 Å². The highest BCUT2D eigenvalue weighted by Crippen LogP contribution is 2.28. The van der Waals surface area contributed by atoms with Crippen molar-refractivity contribution in [2.24, 2.45) is 13.0 Å². The molecule has 1 aromatic heterocycles. The Kier molecular flexibility index (Phi) is 10.1. The fraction of sp³-hybridized carbons (Fsp3) is 0.529. The lowest BCUT2D eigenvalue weighted by molar-refractivity contribution is -0.116. The third-order valence-corrected chi connectivity index (χ3v) is 8.33. The van der Waals surface area contributed by atoms with Crippen LogP contribution in [-0.4, -0.2) is 47.5 Å². The van der Waals surface area contributed by atoms with Crippen molar-refractivity contribution in [3.63, 3.8) is 0 Å². The van der Waals surface area contributed by atoms with Crippen molar-refractivity contribution < 1.29 is 9.59 Å². The highest BCUT2D eigenvalue weighted by Gasteiger charge is 2.21. The molecule has 4 rings (SSSR count). The summed E-state index contributed by atoms with van der Waals surface area (Å²) in [5.41, 5.74) is 7.67. The normalized spacial score (nSPS) is 15.5. The van der Waals surface area contributed by atoms with Gasteiger partial charge >= 0.3 is 0 Å².